The molecule has 0 radical (unpaired) electrons. The number of rotatable bonds is 6. The van der Waals surface area contributed by atoms with Crippen LogP contribution in [0, 0.1) is 11.7 Å². The molecule has 0 spiro atoms. The summed E-state index contributed by atoms with van der Waals surface area (Å²) in [4.78, 5) is 4.39. The van der Waals surface area contributed by atoms with Gasteiger partial charge in [0.15, 0.2) is 5.96 Å². The highest BCUT2D eigenvalue weighted by Crippen LogP contribution is 2.49. The van der Waals surface area contributed by atoms with E-state index in [1.807, 2.05) is 12.1 Å². The van der Waals surface area contributed by atoms with Crippen molar-refractivity contribution in [1.82, 2.24) is 5.32 Å². The Hall–Kier alpha value is -1.58. The molecule has 1 aliphatic carbocycles. The molecule has 0 aromatic heterocycles. The third-order valence-corrected chi connectivity index (χ3v) is 3.88. The van der Waals surface area contributed by atoms with Gasteiger partial charge in [0.2, 0.25) is 0 Å². The van der Waals surface area contributed by atoms with E-state index in [4.69, 9.17) is 5.73 Å². The summed E-state index contributed by atoms with van der Waals surface area (Å²) in [6.07, 6.45) is 3.03. The van der Waals surface area contributed by atoms with Gasteiger partial charge in [-0.3, -0.25) is 4.99 Å². The fourth-order valence-corrected chi connectivity index (χ4v) is 2.34. The Kier molecular flexibility index (Phi) is 4.63. The minimum atomic E-state index is -0.133. The second kappa shape index (κ2) is 6.25. The van der Waals surface area contributed by atoms with Crippen molar-refractivity contribution in [2.75, 3.05) is 13.1 Å². The van der Waals surface area contributed by atoms with Crippen molar-refractivity contribution < 1.29 is 4.39 Å². The number of nitrogens with zero attached hydrogens (tertiary/aromatic N) is 1. The van der Waals surface area contributed by atoms with Crippen molar-refractivity contribution in [2.45, 2.75) is 38.5 Å². The Morgan fingerprint density at radius 2 is 2.10 bits per heavy atom. The molecule has 0 bridgehead atoms. The van der Waals surface area contributed by atoms with Gasteiger partial charge in [0.25, 0.3) is 0 Å². The summed E-state index contributed by atoms with van der Waals surface area (Å²) in [5.74, 6) is 0.975. The molecule has 0 unspecified atom stereocenters. The highest BCUT2D eigenvalue weighted by molar-refractivity contribution is 5.77. The van der Waals surface area contributed by atoms with Gasteiger partial charge in [-0.2, -0.15) is 0 Å². The van der Waals surface area contributed by atoms with E-state index in [2.05, 4.69) is 24.2 Å². The molecule has 0 saturated heterocycles. The van der Waals surface area contributed by atoms with Gasteiger partial charge in [0.05, 0.1) is 6.54 Å². The molecule has 20 heavy (non-hydrogen) atoms. The Morgan fingerprint density at radius 1 is 1.40 bits per heavy atom. The molecule has 1 aromatic rings. The molecule has 1 saturated carbocycles. The van der Waals surface area contributed by atoms with E-state index in [0.717, 1.165) is 31.4 Å². The summed E-state index contributed by atoms with van der Waals surface area (Å²) >= 11 is 0. The van der Waals surface area contributed by atoms with Crippen molar-refractivity contribution in [3.05, 3.63) is 35.6 Å². The molecule has 0 aliphatic heterocycles. The lowest BCUT2D eigenvalue weighted by Crippen LogP contribution is -2.34. The highest BCUT2D eigenvalue weighted by atomic mass is 19.1. The number of nitrogens with one attached hydrogen (secondary N) is 1. The summed E-state index contributed by atoms with van der Waals surface area (Å²) in [7, 11) is 0. The first-order valence-corrected chi connectivity index (χ1v) is 7.32. The molecule has 0 heterocycles. The predicted molar refractivity (Wildman–Crippen MR) is 81.3 cm³/mol. The minimum Gasteiger partial charge on any atom is -0.370 e. The third-order valence-electron chi connectivity index (χ3n) is 3.88. The Labute approximate surface area is 120 Å². The molecular formula is C16H24FN3. The maximum atomic E-state index is 13.8. The summed E-state index contributed by atoms with van der Waals surface area (Å²) < 4.78 is 13.8. The molecule has 3 nitrogen and oxygen atoms in total. The lowest BCUT2D eigenvalue weighted by Gasteiger charge is -2.15. The monoisotopic (exact) mass is 277 g/mol. The van der Waals surface area contributed by atoms with Crippen LogP contribution in [0.1, 0.15) is 38.7 Å². The topological polar surface area (TPSA) is 50.4 Å². The van der Waals surface area contributed by atoms with Crippen molar-refractivity contribution in [3.63, 3.8) is 0 Å². The second-order valence-corrected chi connectivity index (χ2v) is 6.07. The van der Waals surface area contributed by atoms with Crippen LogP contribution in [-0.2, 0) is 5.41 Å². The summed E-state index contributed by atoms with van der Waals surface area (Å²) in [6, 6.07) is 6.98. The van der Waals surface area contributed by atoms with Crippen LogP contribution in [0.5, 0.6) is 0 Å². The van der Waals surface area contributed by atoms with Crippen molar-refractivity contribution in [1.29, 1.82) is 0 Å². The van der Waals surface area contributed by atoms with Gasteiger partial charge in [-0.05, 0) is 36.8 Å². The molecule has 1 fully saturated rings. The van der Waals surface area contributed by atoms with Gasteiger partial charge in [-0.15, -0.1) is 0 Å². The van der Waals surface area contributed by atoms with E-state index in [0.29, 0.717) is 18.4 Å². The van der Waals surface area contributed by atoms with Crippen LogP contribution in [0.25, 0.3) is 0 Å². The summed E-state index contributed by atoms with van der Waals surface area (Å²) in [6.45, 7) is 5.74. The van der Waals surface area contributed by atoms with E-state index in [1.54, 1.807) is 6.07 Å². The van der Waals surface area contributed by atoms with Crippen LogP contribution in [0.15, 0.2) is 29.3 Å². The second-order valence-electron chi connectivity index (χ2n) is 6.07. The third kappa shape index (κ3) is 3.71. The lowest BCUT2D eigenvalue weighted by molar-refractivity contribution is 0.568. The average Bonchev–Trinajstić information content (AvgIpc) is 3.17. The van der Waals surface area contributed by atoms with E-state index >= 15 is 0 Å². The van der Waals surface area contributed by atoms with Crippen LogP contribution in [-0.4, -0.2) is 19.0 Å². The normalized spacial score (nSPS) is 17.3. The van der Waals surface area contributed by atoms with E-state index < -0.39 is 0 Å². The maximum absolute atomic E-state index is 13.8. The van der Waals surface area contributed by atoms with Crippen LogP contribution >= 0.6 is 0 Å². The predicted octanol–water partition coefficient (Wildman–Crippen LogP) is 2.81. The molecule has 3 N–H and O–H groups in total. The zero-order chi connectivity index (χ0) is 14.6. The molecule has 0 amide bonds. The quantitative estimate of drug-likeness (QED) is 0.620. The minimum absolute atomic E-state index is 0.129. The molecule has 0 atom stereocenters. The van der Waals surface area contributed by atoms with E-state index in [9.17, 15) is 4.39 Å². The molecule has 110 valence electrons. The number of hydrogen-bond donors (Lipinski definition) is 2. The molecular weight excluding hydrogens is 253 g/mol. The fourth-order valence-electron chi connectivity index (χ4n) is 2.34. The number of hydrogen-bond acceptors (Lipinski definition) is 1. The van der Waals surface area contributed by atoms with Gasteiger partial charge in [0, 0.05) is 12.0 Å². The largest absolute Gasteiger partial charge is 0.370 e. The van der Waals surface area contributed by atoms with Gasteiger partial charge in [-0.25, -0.2) is 4.39 Å². The SMILES string of the molecule is CC(C)CCNC(N)=NCC1(c2ccccc2F)CC1. The van der Waals surface area contributed by atoms with Crippen LogP contribution in [0.4, 0.5) is 4.39 Å². The van der Waals surface area contributed by atoms with E-state index in [-0.39, 0.29) is 11.2 Å². The molecule has 1 aromatic carbocycles. The Morgan fingerprint density at radius 3 is 2.70 bits per heavy atom. The summed E-state index contributed by atoms with van der Waals surface area (Å²) in [5, 5.41) is 3.11. The van der Waals surface area contributed by atoms with Gasteiger partial charge in [0.1, 0.15) is 5.82 Å². The first-order valence-electron chi connectivity index (χ1n) is 7.32. The Balaban J connectivity index is 1.91. The highest BCUT2D eigenvalue weighted by Gasteiger charge is 2.45. The van der Waals surface area contributed by atoms with Crippen LogP contribution < -0.4 is 11.1 Å². The Bertz CT molecular complexity index is 478. The molecule has 2 rings (SSSR count). The first kappa shape index (κ1) is 14.8. The number of guanidine groups is 1. The van der Waals surface area contributed by atoms with Gasteiger partial charge < -0.3 is 11.1 Å². The number of nitrogens with two attached hydrogens (primary N) is 1. The lowest BCUT2D eigenvalue weighted by atomic mass is 9.95. The van der Waals surface area contributed by atoms with Crippen molar-refractivity contribution in [2.24, 2.45) is 16.6 Å². The average molecular weight is 277 g/mol. The zero-order valence-electron chi connectivity index (χ0n) is 12.3. The maximum Gasteiger partial charge on any atom is 0.188 e. The number of benzene rings is 1. The van der Waals surface area contributed by atoms with Gasteiger partial charge in [-0.1, -0.05) is 32.0 Å². The standard InChI is InChI=1S/C16H24FN3/c1-12(2)7-10-19-15(18)20-11-16(8-9-16)13-5-3-4-6-14(13)17/h3-6,12H,7-11H2,1-2H3,(H3,18,19,20). The van der Waals surface area contributed by atoms with Crippen LogP contribution in [0.3, 0.4) is 0 Å². The van der Waals surface area contributed by atoms with Crippen molar-refractivity contribution >= 4 is 5.96 Å². The van der Waals surface area contributed by atoms with E-state index in [1.165, 1.54) is 6.07 Å². The number of halogens is 1. The smallest absolute Gasteiger partial charge is 0.188 e. The first-order chi connectivity index (χ1) is 9.53. The fraction of sp³-hybridized carbons (Fsp3) is 0.562. The van der Waals surface area contributed by atoms with Gasteiger partial charge >= 0.3 is 0 Å². The zero-order valence-corrected chi connectivity index (χ0v) is 12.3. The molecule has 1 aliphatic rings. The number of aliphatic imine (C=N–C) groups is 1. The van der Waals surface area contributed by atoms with Crippen molar-refractivity contribution in [3.8, 4) is 0 Å². The molecule has 4 heteroatoms. The summed E-state index contributed by atoms with van der Waals surface area (Å²) in [5.41, 5.74) is 6.50. The van der Waals surface area contributed by atoms with Crippen LogP contribution in [0.2, 0.25) is 0 Å².